The molecule has 2 aromatic rings. The molecule has 2 aliphatic rings. The number of nitrogens with one attached hydrogen (secondary N) is 3. The molecule has 10 nitrogen and oxygen atoms in total. The van der Waals surface area contributed by atoms with Crippen molar-refractivity contribution in [3.8, 4) is 5.75 Å². The van der Waals surface area contributed by atoms with Gasteiger partial charge in [0.25, 0.3) is 0 Å². The van der Waals surface area contributed by atoms with Crippen molar-refractivity contribution in [2.45, 2.75) is 70.0 Å². The average molecular weight is 554 g/mol. The fourth-order valence-electron chi connectivity index (χ4n) is 4.54. The Kier molecular flexibility index (Phi) is 9.69. The van der Waals surface area contributed by atoms with Crippen LogP contribution in [0.3, 0.4) is 0 Å². The van der Waals surface area contributed by atoms with Crippen molar-refractivity contribution in [2.75, 3.05) is 18.0 Å². The smallest absolute Gasteiger partial charge is 0.243 e. The van der Waals surface area contributed by atoms with Crippen molar-refractivity contribution in [3.05, 3.63) is 52.6 Å². The monoisotopic (exact) mass is 553 g/mol. The summed E-state index contributed by atoms with van der Waals surface area (Å²) in [5, 5.41) is 18.7. The number of nitrogens with zero attached hydrogens (tertiary/aromatic N) is 2. The SMILES string of the molecule is C[C@H](NC(=O)Cc1cnc(N2CCC2)s1)C(=O)N[C@@H](Cc1ccc(O)cc1)C(=O)N[C@H](C=O)CC1=CCCC1. The summed E-state index contributed by atoms with van der Waals surface area (Å²) in [7, 11) is 0. The Morgan fingerprint density at radius 3 is 2.49 bits per heavy atom. The molecule has 208 valence electrons. The van der Waals surface area contributed by atoms with Crippen molar-refractivity contribution < 1.29 is 24.3 Å². The molecule has 0 bridgehead atoms. The average Bonchev–Trinajstić information content (AvgIpc) is 3.55. The van der Waals surface area contributed by atoms with Crippen LogP contribution in [-0.2, 0) is 32.0 Å². The minimum absolute atomic E-state index is 0.0870. The van der Waals surface area contributed by atoms with Crippen molar-refractivity contribution in [1.29, 1.82) is 0 Å². The fraction of sp³-hybridized carbons (Fsp3) is 0.464. The van der Waals surface area contributed by atoms with Crippen molar-refractivity contribution >= 4 is 40.5 Å². The lowest BCUT2D eigenvalue weighted by molar-refractivity contribution is -0.132. The highest BCUT2D eigenvalue weighted by molar-refractivity contribution is 7.15. The van der Waals surface area contributed by atoms with Crippen LogP contribution < -0.4 is 20.9 Å². The number of phenolic OH excluding ortho intramolecular Hbond substituents is 1. The summed E-state index contributed by atoms with van der Waals surface area (Å²) in [6.45, 7) is 3.50. The summed E-state index contributed by atoms with van der Waals surface area (Å²) in [6.07, 6.45) is 9.26. The van der Waals surface area contributed by atoms with Crippen LogP contribution in [0.15, 0.2) is 42.1 Å². The van der Waals surface area contributed by atoms with Gasteiger partial charge in [-0.25, -0.2) is 4.98 Å². The van der Waals surface area contributed by atoms with Crippen LogP contribution in [0.1, 0.15) is 49.5 Å². The fourth-order valence-corrected chi connectivity index (χ4v) is 5.50. The highest BCUT2D eigenvalue weighted by Crippen LogP contribution is 2.26. The van der Waals surface area contributed by atoms with Crippen LogP contribution in [-0.4, -0.2) is 65.3 Å². The molecule has 4 N–H and O–H groups in total. The van der Waals surface area contributed by atoms with E-state index in [-0.39, 0.29) is 24.5 Å². The molecule has 0 radical (unpaired) electrons. The molecular formula is C28H35N5O5S. The topological polar surface area (TPSA) is 141 Å². The zero-order valence-electron chi connectivity index (χ0n) is 22.0. The number of aromatic hydroxyl groups is 1. The molecule has 1 aromatic carbocycles. The van der Waals surface area contributed by atoms with Crippen LogP contribution in [0.4, 0.5) is 5.13 Å². The molecule has 1 aliphatic heterocycles. The first-order chi connectivity index (χ1) is 18.8. The first-order valence-corrected chi connectivity index (χ1v) is 14.1. The van der Waals surface area contributed by atoms with Crippen LogP contribution in [0.2, 0.25) is 0 Å². The van der Waals surface area contributed by atoms with E-state index in [1.54, 1.807) is 25.3 Å². The number of anilines is 1. The van der Waals surface area contributed by atoms with Gasteiger partial charge in [-0.15, -0.1) is 11.3 Å². The Bertz CT molecular complexity index is 1210. The Hall–Kier alpha value is -3.73. The van der Waals surface area contributed by atoms with Gasteiger partial charge < -0.3 is 30.8 Å². The number of hydrogen-bond donors (Lipinski definition) is 4. The van der Waals surface area contributed by atoms with Gasteiger partial charge in [-0.05, 0) is 56.7 Å². The second-order valence-electron chi connectivity index (χ2n) is 10.1. The number of thiazole rings is 1. The molecule has 1 fully saturated rings. The number of aromatic nitrogens is 1. The highest BCUT2D eigenvalue weighted by Gasteiger charge is 2.27. The molecule has 0 saturated carbocycles. The Balaban J connectivity index is 1.35. The standard InChI is InChI=1S/C28H35N5O5S/c1-18(30-25(36)15-23-16-29-28(39-23)33-11-4-12-33)26(37)32-24(14-20-7-9-22(35)10-8-20)27(38)31-21(17-34)13-19-5-2-3-6-19/h5,7-10,16-18,21,24,35H,2-4,6,11-15H2,1H3,(H,30,36)(H,31,38)(H,32,37)/t18-,21-,24-/m0/s1. The van der Waals surface area contributed by atoms with Crippen molar-refractivity contribution in [2.24, 2.45) is 0 Å². The van der Waals surface area contributed by atoms with Gasteiger partial charge in [-0.1, -0.05) is 23.8 Å². The molecule has 3 atom stereocenters. The summed E-state index contributed by atoms with van der Waals surface area (Å²) in [4.78, 5) is 57.9. The van der Waals surface area contributed by atoms with E-state index < -0.39 is 29.9 Å². The summed E-state index contributed by atoms with van der Waals surface area (Å²) in [5.41, 5.74) is 1.86. The zero-order valence-corrected chi connectivity index (χ0v) is 22.8. The molecule has 0 spiro atoms. The molecule has 2 heterocycles. The summed E-state index contributed by atoms with van der Waals surface area (Å²) in [6, 6.07) is 3.76. The first kappa shape index (κ1) is 28.3. The largest absolute Gasteiger partial charge is 0.508 e. The molecule has 3 amide bonds. The molecule has 11 heteroatoms. The van der Waals surface area contributed by atoms with E-state index >= 15 is 0 Å². The number of amides is 3. The molecule has 1 aromatic heterocycles. The van der Waals surface area contributed by atoms with Gasteiger partial charge in [0.1, 0.15) is 24.1 Å². The van der Waals surface area contributed by atoms with Crippen LogP contribution in [0.5, 0.6) is 5.75 Å². The summed E-state index contributed by atoms with van der Waals surface area (Å²) >= 11 is 1.47. The summed E-state index contributed by atoms with van der Waals surface area (Å²) in [5.74, 6) is -1.24. The van der Waals surface area contributed by atoms with E-state index in [1.807, 2.05) is 0 Å². The Morgan fingerprint density at radius 1 is 1.08 bits per heavy atom. The number of hydrogen-bond acceptors (Lipinski definition) is 8. The number of aldehydes is 1. The third kappa shape index (κ3) is 8.13. The zero-order chi connectivity index (χ0) is 27.8. The second-order valence-corrected chi connectivity index (χ2v) is 11.2. The van der Waals surface area contributed by atoms with E-state index in [2.05, 4.69) is 31.9 Å². The lowest BCUT2D eigenvalue weighted by Gasteiger charge is -2.30. The number of benzene rings is 1. The van der Waals surface area contributed by atoms with Crippen molar-refractivity contribution in [3.63, 3.8) is 0 Å². The number of phenols is 1. The summed E-state index contributed by atoms with van der Waals surface area (Å²) < 4.78 is 0. The van der Waals surface area contributed by atoms with E-state index in [4.69, 9.17) is 0 Å². The molecule has 1 aliphatic carbocycles. The van der Waals surface area contributed by atoms with Gasteiger partial charge in [0, 0.05) is 30.6 Å². The van der Waals surface area contributed by atoms with E-state index in [0.717, 1.165) is 54.4 Å². The lowest BCUT2D eigenvalue weighted by atomic mass is 10.0. The number of allylic oxidation sites excluding steroid dienone is 1. The van der Waals surface area contributed by atoms with Gasteiger partial charge in [0.05, 0.1) is 12.5 Å². The van der Waals surface area contributed by atoms with Gasteiger partial charge in [0.2, 0.25) is 17.7 Å². The highest BCUT2D eigenvalue weighted by atomic mass is 32.1. The predicted molar refractivity (Wildman–Crippen MR) is 149 cm³/mol. The van der Waals surface area contributed by atoms with E-state index in [0.29, 0.717) is 18.3 Å². The van der Waals surface area contributed by atoms with Gasteiger partial charge >= 0.3 is 0 Å². The maximum Gasteiger partial charge on any atom is 0.243 e. The first-order valence-electron chi connectivity index (χ1n) is 13.3. The van der Waals surface area contributed by atoms with Crippen molar-refractivity contribution in [1.82, 2.24) is 20.9 Å². The Morgan fingerprint density at radius 2 is 1.85 bits per heavy atom. The maximum absolute atomic E-state index is 13.2. The second kappa shape index (κ2) is 13.4. The number of carbonyl (C=O) groups is 4. The third-order valence-electron chi connectivity index (χ3n) is 6.89. The Labute approximate surface area is 231 Å². The minimum Gasteiger partial charge on any atom is -0.508 e. The van der Waals surface area contributed by atoms with E-state index in [1.165, 1.54) is 23.5 Å². The van der Waals surface area contributed by atoms with Crippen LogP contribution in [0.25, 0.3) is 0 Å². The molecule has 0 unspecified atom stereocenters. The van der Waals surface area contributed by atoms with E-state index in [9.17, 15) is 24.3 Å². The third-order valence-corrected chi connectivity index (χ3v) is 7.95. The quantitative estimate of drug-likeness (QED) is 0.220. The minimum atomic E-state index is -0.984. The maximum atomic E-state index is 13.2. The number of rotatable bonds is 13. The molecular weight excluding hydrogens is 518 g/mol. The normalized spacial score (nSPS) is 16.8. The lowest BCUT2D eigenvalue weighted by Crippen LogP contribution is -2.55. The molecule has 1 saturated heterocycles. The van der Waals surface area contributed by atoms with Crippen LogP contribution in [0, 0.1) is 0 Å². The predicted octanol–water partition coefficient (Wildman–Crippen LogP) is 2.02. The molecule has 39 heavy (non-hydrogen) atoms. The van der Waals surface area contributed by atoms with Gasteiger partial charge in [0.15, 0.2) is 5.13 Å². The van der Waals surface area contributed by atoms with Gasteiger partial charge in [-0.2, -0.15) is 0 Å². The van der Waals surface area contributed by atoms with Gasteiger partial charge in [-0.3, -0.25) is 14.4 Å². The molecule has 4 rings (SSSR count). The van der Waals surface area contributed by atoms with Crippen LogP contribution >= 0.6 is 11.3 Å². The number of carbonyl (C=O) groups excluding carboxylic acids is 4.